The number of esters is 1. The molecule has 0 N–H and O–H groups in total. The molecule has 2 saturated carbocycles. The Bertz CT molecular complexity index is 477. The SMILES string of the molecule is CN1CC2C3CC(CC3OC(=O)CN3CCOCC3)C2C1=O. The van der Waals surface area contributed by atoms with Gasteiger partial charge in [0.2, 0.25) is 5.91 Å². The standard InChI is InChI=1S/C16H24N2O4/c1-17-8-12-11-6-10(15(12)16(17)20)7-13(11)22-14(19)9-18-2-4-21-5-3-18/h10-13,15H,2-9H2,1H3. The van der Waals surface area contributed by atoms with Crippen molar-refractivity contribution in [2.24, 2.45) is 23.7 Å². The molecule has 2 bridgehead atoms. The lowest BCUT2D eigenvalue weighted by Crippen LogP contribution is -2.42. The lowest BCUT2D eigenvalue weighted by molar-refractivity contribution is -0.155. The first-order valence-electron chi connectivity index (χ1n) is 8.38. The summed E-state index contributed by atoms with van der Waals surface area (Å²) < 4.78 is 11.1. The zero-order valence-corrected chi connectivity index (χ0v) is 13.1. The number of morpholine rings is 1. The number of carbonyl (C=O) groups is 2. The van der Waals surface area contributed by atoms with Crippen LogP contribution >= 0.6 is 0 Å². The number of hydrogen-bond acceptors (Lipinski definition) is 5. The molecule has 0 spiro atoms. The number of rotatable bonds is 3. The van der Waals surface area contributed by atoms with E-state index in [9.17, 15) is 9.59 Å². The Morgan fingerprint density at radius 3 is 2.82 bits per heavy atom. The summed E-state index contributed by atoms with van der Waals surface area (Å²) in [5.41, 5.74) is 0. The summed E-state index contributed by atoms with van der Waals surface area (Å²) in [6.07, 6.45) is 1.96. The Morgan fingerprint density at radius 1 is 1.27 bits per heavy atom. The van der Waals surface area contributed by atoms with Gasteiger partial charge in [0.1, 0.15) is 6.10 Å². The fourth-order valence-electron chi connectivity index (χ4n) is 5.01. The van der Waals surface area contributed by atoms with E-state index in [4.69, 9.17) is 9.47 Å². The number of hydrogen-bond donors (Lipinski definition) is 0. The molecule has 6 heteroatoms. The van der Waals surface area contributed by atoms with Gasteiger partial charge in [0.05, 0.1) is 19.8 Å². The highest BCUT2D eigenvalue weighted by molar-refractivity contribution is 5.82. The predicted octanol–water partition coefficient (Wildman–Crippen LogP) is -0.0254. The Hall–Kier alpha value is -1.14. The molecule has 1 amide bonds. The van der Waals surface area contributed by atoms with Crippen LogP contribution in [-0.4, -0.2) is 74.2 Å². The van der Waals surface area contributed by atoms with Gasteiger partial charge in [-0.1, -0.05) is 0 Å². The Labute approximate surface area is 130 Å². The normalized spacial score (nSPS) is 41.0. The molecule has 0 aromatic carbocycles. The highest BCUT2D eigenvalue weighted by Crippen LogP contribution is 2.56. The minimum atomic E-state index is -0.117. The van der Waals surface area contributed by atoms with Gasteiger partial charge in [0.25, 0.3) is 0 Å². The lowest BCUT2D eigenvalue weighted by Gasteiger charge is -2.31. The van der Waals surface area contributed by atoms with Gasteiger partial charge in [-0.3, -0.25) is 14.5 Å². The van der Waals surface area contributed by atoms with Crippen LogP contribution < -0.4 is 0 Å². The summed E-state index contributed by atoms with van der Waals surface area (Å²) in [4.78, 5) is 28.3. The number of carbonyl (C=O) groups excluding carboxylic acids is 2. The van der Waals surface area contributed by atoms with Crippen molar-refractivity contribution < 1.29 is 19.1 Å². The summed E-state index contributed by atoms with van der Waals surface area (Å²) in [5, 5.41) is 0. The molecule has 2 aliphatic carbocycles. The van der Waals surface area contributed by atoms with Gasteiger partial charge in [0.15, 0.2) is 0 Å². The van der Waals surface area contributed by atoms with Gasteiger partial charge >= 0.3 is 5.97 Å². The largest absolute Gasteiger partial charge is 0.461 e. The molecule has 5 unspecified atom stereocenters. The van der Waals surface area contributed by atoms with E-state index in [2.05, 4.69) is 4.90 Å². The van der Waals surface area contributed by atoms with E-state index in [-0.39, 0.29) is 18.0 Å². The number of fused-ring (bicyclic) bond motifs is 5. The maximum Gasteiger partial charge on any atom is 0.320 e. The summed E-state index contributed by atoms with van der Waals surface area (Å²) in [5.74, 6) is 1.59. The smallest absolute Gasteiger partial charge is 0.320 e. The van der Waals surface area contributed by atoms with E-state index >= 15 is 0 Å². The van der Waals surface area contributed by atoms with Gasteiger partial charge in [-0.25, -0.2) is 0 Å². The Kier molecular flexibility index (Phi) is 3.61. The lowest BCUT2D eigenvalue weighted by atomic mass is 9.80. The molecular formula is C16H24N2O4. The monoisotopic (exact) mass is 308 g/mol. The molecule has 6 nitrogen and oxygen atoms in total. The summed E-state index contributed by atoms with van der Waals surface area (Å²) in [7, 11) is 1.89. The number of likely N-dealkylation sites (tertiary alicyclic amines) is 1. The van der Waals surface area contributed by atoms with Crippen LogP contribution in [0.3, 0.4) is 0 Å². The molecule has 0 aromatic rings. The zero-order chi connectivity index (χ0) is 15.3. The molecule has 2 heterocycles. The molecule has 5 atom stereocenters. The van der Waals surface area contributed by atoms with Gasteiger partial charge < -0.3 is 14.4 Å². The van der Waals surface area contributed by atoms with E-state index in [1.165, 1.54) is 0 Å². The van der Waals surface area contributed by atoms with Crippen LogP contribution in [0.25, 0.3) is 0 Å². The maximum atomic E-state index is 12.2. The van der Waals surface area contributed by atoms with Crippen molar-refractivity contribution in [2.75, 3.05) is 46.4 Å². The Balaban J connectivity index is 1.33. The van der Waals surface area contributed by atoms with Crippen molar-refractivity contribution in [2.45, 2.75) is 18.9 Å². The first-order chi connectivity index (χ1) is 10.6. The second-order valence-corrected chi connectivity index (χ2v) is 7.22. The molecular weight excluding hydrogens is 284 g/mol. The molecule has 4 rings (SSSR count). The second kappa shape index (κ2) is 5.49. The van der Waals surface area contributed by atoms with Crippen molar-refractivity contribution in [1.29, 1.82) is 0 Å². The minimum absolute atomic E-state index is 0.0269. The summed E-state index contributed by atoms with van der Waals surface area (Å²) >= 11 is 0. The molecule has 2 saturated heterocycles. The van der Waals surface area contributed by atoms with Crippen molar-refractivity contribution >= 4 is 11.9 Å². The molecule has 0 radical (unpaired) electrons. The third-order valence-electron chi connectivity index (χ3n) is 5.99. The average molecular weight is 308 g/mol. The van der Waals surface area contributed by atoms with E-state index < -0.39 is 0 Å². The predicted molar refractivity (Wildman–Crippen MR) is 78.0 cm³/mol. The van der Waals surface area contributed by atoms with Crippen molar-refractivity contribution in [1.82, 2.24) is 9.80 Å². The van der Waals surface area contributed by atoms with Crippen LogP contribution in [0.2, 0.25) is 0 Å². The second-order valence-electron chi connectivity index (χ2n) is 7.22. The van der Waals surface area contributed by atoms with Crippen LogP contribution in [0.1, 0.15) is 12.8 Å². The van der Waals surface area contributed by atoms with Crippen molar-refractivity contribution in [3.8, 4) is 0 Å². The highest BCUT2D eigenvalue weighted by Gasteiger charge is 2.60. The highest BCUT2D eigenvalue weighted by atomic mass is 16.5. The number of amides is 1. The van der Waals surface area contributed by atoms with Gasteiger partial charge in [-0.05, 0) is 24.7 Å². The fraction of sp³-hybridized carbons (Fsp3) is 0.875. The third kappa shape index (κ3) is 2.33. The third-order valence-corrected chi connectivity index (χ3v) is 5.99. The molecule has 22 heavy (non-hydrogen) atoms. The zero-order valence-electron chi connectivity index (χ0n) is 13.1. The van der Waals surface area contributed by atoms with Crippen molar-refractivity contribution in [3.63, 3.8) is 0 Å². The number of nitrogens with zero attached hydrogens (tertiary/aromatic N) is 2. The summed E-state index contributed by atoms with van der Waals surface area (Å²) in [6, 6.07) is 0. The fourth-order valence-corrected chi connectivity index (χ4v) is 5.01. The first kappa shape index (κ1) is 14.5. The van der Waals surface area contributed by atoms with Gasteiger partial charge in [-0.2, -0.15) is 0 Å². The van der Waals surface area contributed by atoms with E-state index in [1.807, 2.05) is 11.9 Å². The molecule has 0 aromatic heterocycles. The Morgan fingerprint density at radius 2 is 2.05 bits per heavy atom. The maximum absolute atomic E-state index is 12.2. The van der Waals surface area contributed by atoms with Crippen LogP contribution in [0.15, 0.2) is 0 Å². The van der Waals surface area contributed by atoms with Gasteiger partial charge in [-0.15, -0.1) is 0 Å². The van der Waals surface area contributed by atoms with Crippen LogP contribution in [-0.2, 0) is 19.1 Å². The molecule has 4 aliphatic rings. The topological polar surface area (TPSA) is 59.1 Å². The van der Waals surface area contributed by atoms with Gasteiger partial charge in [0, 0.05) is 38.5 Å². The van der Waals surface area contributed by atoms with Crippen molar-refractivity contribution in [3.05, 3.63) is 0 Å². The molecule has 2 aliphatic heterocycles. The summed E-state index contributed by atoms with van der Waals surface area (Å²) in [6.45, 7) is 4.19. The van der Waals surface area contributed by atoms with Crippen LogP contribution in [0.4, 0.5) is 0 Å². The van der Waals surface area contributed by atoms with E-state index in [0.29, 0.717) is 43.4 Å². The van der Waals surface area contributed by atoms with E-state index in [1.54, 1.807) is 0 Å². The molecule has 122 valence electrons. The van der Waals surface area contributed by atoms with Crippen LogP contribution in [0.5, 0.6) is 0 Å². The number of ether oxygens (including phenoxy) is 2. The first-order valence-corrected chi connectivity index (χ1v) is 8.38. The van der Waals surface area contributed by atoms with Crippen LogP contribution in [0, 0.1) is 23.7 Å². The molecule has 4 fully saturated rings. The quantitative estimate of drug-likeness (QED) is 0.686. The average Bonchev–Trinajstić information content (AvgIpc) is 3.13. The minimum Gasteiger partial charge on any atom is -0.461 e. The van der Waals surface area contributed by atoms with E-state index in [0.717, 1.165) is 32.5 Å².